The highest BCUT2D eigenvalue weighted by Crippen LogP contribution is 1.98. The minimum atomic E-state index is 0.0523. The van der Waals surface area contributed by atoms with Gasteiger partial charge in [0, 0.05) is 19.8 Å². The zero-order valence-electron chi connectivity index (χ0n) is 12.1. The van der Waals surface area contributed by atoms with Crippen LogP contribution in [0.4, 0.5) is 0 Å². The molecule has 1 amide bonds. The first-order valence-electron chi connectivity index (χ1n) is 6.64. The molecule has 0 aromatic heterocycles. The van der Waals surface area contributed by atoms with E-state index in [0.717, 1.165) is 13.0 Å². The molecule has 5 nitrogen and oxygen atoms in total. The van der Waals surface area contributed by atoms with E-state index in [1.807, 2.05) is 6.92 Å². The van der Waals surface area contributed by atoms with Gasteiger partial charge >= 0.3 is 0 Å². The van der Waals surface area contributed by atoms with Gasteiger partial charge in [-0.15, -0.1) is 0 Å². The molecule has 0 spiro atoms. The van der Waals surface area contributed by atoms with Crippen molar-refractivity contribution >= 4 is 5.91 Å². The lowest BCUT2D eigenvalue weighted by Crippen LogP contribution is -2.41. The number of ether oxygens (including phenoxy) is 2. The summed E-state index contributed by atoms with van der Waals surface area (Å²) in [4.78, 5) is 11.5. The highest BCUT2D eigenvalue weighted by Gasteiger charge is 2.09. The van der Waals surface area contributed by atoms with Gasteiger partial charge in [0.2, 0.25) is 5.91 Å². The largest absolute Gasteiger partial charge is 0.382 e. The monoisotopic (exact) mass is 260 g/mol. The zero-order valence-corrected chi connectivity index (χ0v) is 12.1. The van der Waals surface area contributed by atoms with Crippen molar-refractivity contribution < 1.29 is 14.3 Å². The predicted molar refractivity (Wildman–Crippen MR) is 72.6 cm³/mol. The molecular weight excluding hydrogens is 232 g/mol. The molecule has 18 heavy (non-hydrogen) atoms. The molecule has 1 atom stereocenters. The van der Waals surface area contributed by atoms with Crippen molar-refractivity contribution in [3.05, 3.63) is 0 Å². The number of rotatable bonds is 11. The second-order valence-corrected chi connectivity index (χ2v) is 4.74. The van der Waals surface area contributed by atoms with Crippen LogP contribution in [-0.2, 0) is 14.3 Å². The number of hydrogen-bond acceptors (Lipinski definition) is 4. The maximum Gasteiger partial charge on any atom is 0.234 e. The van der Waals surface area contributed by atoms with Crippen molar-refractivity contribution in [3.63, 3.8) is 0 Å². The lowest BCUT2D eigenvalue weighted by molar-refractivity contribution is -0.121. The molecule has 0 rings (SSSR count). The summed E-state index contributed by atoms with van der Waals surface area (Å²) in [7, 11) is 1.65. The molecule has 5 heteroatoms. The quantitative estimate of drug-likeness (QED) is 0.539. The fourth-order valence-electron chi connectivity index (χ4n) is 1.22. The van der Waals surface area contributed by atoms with Crippen molar-refractivity contribution in [2.45, 2.75) is 33.2 Å². The fourth-order valence-corrected chi connectivity index (χ4v) is 1.22. The molecule has 0 bridgehead atoms. The lowest BCUT2D eigenvalue weighted by Gasteiger charge is -2.17. The van der Waals surface area contributed by atoms with E-state index in [1.165, 1.54) is 0 Å². The molecule has 0 aromatic rings. The van der Waals surface area contributed by atoms with E-state index in [-0.39, 0.29) is 11.9 Å². The Labute approximate surface area is 111 Å². The number of carbonyl (C=O) groups excluding carboxylic acids is 1. The second kappa shape index (κ2) is 11.4. The number of amides is 1. The van der Waals surface area contributed by atoms with Crippen molar-refractivity contribution in [3.8, 4) is 0 Å². The number of nitrogens with one attached hydrogen (secondary N) is 2. The summed E-state index contributed by atoms with van der Waals surface area (Å²) in [6.07, 6.45) is 0.900. The van der Waals surface area contributed by atoms with Crippen LogP contribution in [0.1, 0.15) is 27.2 Å². The summed E-state index contributed by atoms with van der Waals surface area (Å²) in [5, 5.41) is 6.05. The van der Waals surface area contributed by atoms with Gasteiger partial charge in [0.1, 0.15) is 0 Å². The predicted octanol–water partition coefficient (Wildman–Crippen LogP) is 0.790. The van der Waals surface area contributed by atoms with E-state index >= 15 is 0 Å². The van der Waals surface area contributed by atoms with Crippen molar-refractivity contribution in [2.75, 3.05) is 40.0 Å². The van der Waals surface area contributed by atoms with Crippen molar-refractivity contribution in [1.82, 2.24) is 10.6 Å². The third-order valence-corrected chi connectivity index (χ3v) is 2.75. The topological polar surface area (TPSA) is 59.6 Å². The number of hydrogen-bond donors (Lipinski definition) is 2. The third kappa shape index (κ3) is 10.5. The maximum atomic E-state index is 11.5. The smallest absolute Gasteiger partial charge is 0.234 e. The van der Waals surface area contributed by atoms with Crippen molar-refractivity contribution in [2.24, 2.45) is 5.92 Å². The van der Waals surface area contributed by atoms with Crippen molar-refractivity contribution in [1.29, 1.82) is 0 Å². The minimum Gasteiger partial charge on any atom is -0.382 e. The molecule has 0 fully saturated rings. The summed E-state index contributed by atoms with van der Waals surface area (Å²) in [6.45, 7) is 9.31. The van der Waals surface area contributed by atoms with Crippen LogP contribution in [0.5, 0.6) is 0 Å². The molecule has 108 valence electrons. The summed E-state index contributed by atoms with van der Waals surface area (Å²) in [5.74, 6) is 0.514. The molecule has 0 aromatic carbocycles. The summed E-state index contributed by atoms with van der Waals surface area (Å²) in [5.41, 5.74) is 0. The molecule has 0 aliphatic rings. The van der Waals surface area contributed by atoms with Gasteiger partial charge in [0.05, 0.1) is 19.8 Å². The standard InChI is InChI=1S/C13H28N2O3/c1-11(2)12(3)15-13(16)10-14-6-5-7-18-9-8-17-4/h11-12,14H,5-10H2,1-4H3,(H,15,16). The van der Waals surface area contributed by atoms with E-state index in [4.69, 9.17) is 9.47 Å². The molecule has 0 radical (unpaired) electrons. The van der Waals surface area contributed by atoms with Gasteiger partial charge in [-0.1, -0.05) is 13.8 Å². The van der Waals surface area contributed by atoms with E-state index in [0.29, 0.717) is 32.3 Å². The first kappa shape index (κ1) is 17.4. The summed E-state index contributed by atoms with van der Waals surface area (Å²) in [6, 6.07) is 0.219. The Kier molecular flexibility index (Phi) is 11.0. The SMILES string of the molecule is COCCOCCCNCC(=O)NC(C)C(C)C. The zero-order chi connectivity index (χ0) is 13.8. The Morgan fingerprint density at radius 1 is 1.17 bits per heavy atom. The summed E-state index contributed by atoms with van der Waals surface area (Å²) >= 11 is 0. The molecule has 0 heterocycles. The Hall–Kier alpha value is -0.650. The second-order valence-electron chi connectivity index (χ2n) is 4.74. The molecule has 0 saturated carbocycles. The van der Waals surface area contributed by atoms with Crippen LogP contribution in [0.2, 0.25) is 0 Å². The van der Waals surface area contributed by atoms with Crippen LogP contribution in [-0.4, -0.2) is 52.0 Å². The van der Waals surface area contributed by atoms with Gasteiger partial charge in [-0.2, -0.15) is 0 Å². The lowest BCUT2D eigenvalue weighted by atomic mass is 10.1. The normalized spacial score (nSPS) is 12.7. The Morgan fingerprint density at radius 2 is 1.89 bits per heavy atom. The van der Waals surface area contributed by atoms with Gasteiger partial charge in [0.25, 0.3) is 0 Å². The Morgan fingerprint density at radius 3 is 2.50 bits per heavy atom. The number of methoxy groups -OCH3 is 1. The first-order valence-corrected chi connectivity index (χ1v) is 6.64. The molecule has 0 aliphatic carbocycles. The minimum absolute atomic E-state index is 0.0523. The van der Waals surface area contributed by atoms with Gasteiger partial charge in [-0.3, -0.25) is 4.79 Å². The van der Waals surface area contributed by atoms with Crippen LogP contribution in [0.25, 0.3) is 0 Å². The first-order chi connectivity index (χ1) is 8.57. The highest BCUT2D eigenvalue weighted by molar-refractivity contribution is 5.78. The maximum absolute atomic E-state index is 11.5. The Balaban J connectivity index is 3.30. The van der Waals surface area contributed by atoms with Crippen LogP contribution in [0.3, 0.4) is 0 Å². The van der Waals surface area contributed by atoms with Gasteiger partial charge in [-0.05, 0) is 25.8 Å². The van der Waals surface area contributed by atoms with Gasteiger partial charge in [0.15, 0.2) is 0 Å². The van der Waals surface area contributed by atoms with Gasteiger partial charge in [-0.25, -0.2) is 0 Å². The molecule has 0 aliphatic heterocycles. The average molecular weight is 260 g/mol. The van der Waals surface area contributed by atoms with Crippen LogP contribution in [0.15, 0.2) is 0 Å². The highest BCUT2D eigenvalue weighted by atomic mass is 16.5. The van der Waals surface area contributed by atoms with E-state index in [9.17, 15) is 4.79 Å². The van der Waals surface area contributed by atoms with E-state index < -0.39 is 0 Å². The Bertz CT molecular complexity index is 210. The third-order valence-electron chi connectivity index (χ3n) is 2.75. The number of carbonyl (C=O) groups is 1. The molecule has 1 unspecified atom stereocenters. The summed E-state index contributed by atoms with van der Waals surface area (Å²) < 4.78 is 10.2. The van der Waals surface area contributed by atoms with E-state index in [2.05, 4.69) is 24.5 Å². The van der Waals surface area contributed by atoms with Crippen LogP contribution < -0.4 is 10.6 Å². The molecular formula is C13H28N2O3. The average Bonchev–Trinajstić information content (AvgIpc) is 2.32. The fraction of sp³-hybridized carbons (Fsp3) is 0.923. The van der Waals surface area contributed by atoms with Gasteiger partial charge < -0.3 is 20.1 Å². The van der Waals surface area contributed by atoms with E-state index in [1.54, 1.807) is 7.11 Å². The van der Waals surface area contributed by atoms with Crippen LogP contribution >= 0.6 is 0 Å². The molecule has 2 N–H and O–H groups in total. The molecule has 0 saturated heterocycles. The van der Waals surface area contributed by atoms with Crippen LogP contribution in [0, 0.1) is 5.92 Å².